The van der Waals surface area contributed by atoms with Crippen molar-refractivity contribution in [2.75, 3.05) is 0 Å². The average molecular weight is 437 g/mol. The van der Waals surface area contributed by atoms with E-state index in [-0.39, 0.29) is 12.2 Å². The molecule has 0 heterocycles. The van der Waals surface area contributed by atoms with Crippen LogP contribution in [0.1, 0.15) is 22.3 Å². The Labute approximate surface area is 152 Å². The number of hydrogen-bond donors (Lipinski definition) is 0. The molecule has 2 aromatic carbocycles. The van der Waals surface area contributed by atoms with Crippen LogP contribution in [-0.4, -0.2) is 13.9 Å². The number of para-hydroxylation sites is 1. The van der Waals surface area contributed by atoms with E-state index in [1.165, 1.54) is 18.2 Å². The van der Waals surface area contributed by atoms with Gasteiger partial charge in [-0.2, -0.15) is 13.2 Å². The Kier molecular flexibility index (Phi) is 5.83. The van der Waals surface area contributed by atoms with Gasteiger partial charge in [-0.25, -0.2) is 8.42 Å². The van der Waals surface area contributed by atoms with Crippen LogP contribution in [0, 0.1) is 13.8 Å². The summed E-state index contributed by atoms with van der Waals surface area (Å²) in [5, 5.41) is 0. The first-order chi connectivity index (χ1) is 11.5. The molecule has 3 nitrogen and oxygen atoms in total. The predicted octanol–water partition coefficient (Wildman–Crippen LogP) is 5.08. The molecule has 0 aliphatic rings. The van der Waals surface area contributed by atoms with Crippen LogP contribution in [-0.2, 0) is 22.2 Å². The first-order valence-corrected chi connectivity index (χ1v) is 9.71. The van der Waals surface area contributed by atoms with Gasteiger partial charge in [0.15, 0.2) is 0 Å². The summed E-state index contributed by atoms with van der Waals surface area (Å²) in [6, 6.07) is 9.95. The van der Waals surface area contributed by atoms with Crippen LogP contribution in [0.15, 0.2) is 40.9 Å². The van der Waals surface area contributed by atoms with Crippen molar-refractivity contribution in [3.63, 3.8) is 0 Å². The molecular formula is C17H16BrF3O3S. The highest BCUT2D eigenvalue weighted by Crippen LogP contribution is 2.29. The van der Waals surface area contributed by atoms with Crippen molar-refractivity contribution >= 4 is 25.8 Å². The Hall–Kier alpha value is -1.54. The zero-order valence-corrected chi connectivity index (χ0v) is 15.9. The molecular weight excluding hydrogens is 421 g/mol. The Morgan fingerprint density at radius 2 is 1.68 bits per heavy atom. The number of ether oxygens (including phenoxy) is 1. The van der Waals surface area contributed by atoms with Gasteiger partial charge in [-0.1, -0.05) is 46.3 Å². The molecule has 0 aliphatic heterocycles. The largest absolute Gasteiger partial charge is 0.497 e. The van der Waals surface area contributed by atoms with Crippen LogP contribution in [0.25, 0.3) is 0 Å². The summed E-state index contributed by atoms with van der Waals surface area (Å²) < 4.78 is 66.7. The van der Waals surface area contributed by atoms with E-state index in [2.05, 4.69) is 15.9 Å². The van der Waals surface area contributed by atoms with Gasteiger partial charge in [-0.05, 0) is 36.6 Å². The maximum absolute atomic E-state index is 12.5. The van der Waals surface area contributed by atoms with Crippen molar-refractivity contribution in [3.05, 3.63) is 63.1 Å². The molecule has 0 saturated carbocycles. The SMILES string of the molecule is Cc1cccc(C)c1OCc1cc(CS(=O)(=O)C(F)(F)F)ccc1Br. The van der Waals surface area contributed by atoms with Crippen molar-refractivity contribution in [1.29, 1.82) is 0 Å². The van der Waals surface area contributed by atoms with Gasteiger partial charge in [0.1, 0.15) is 12.4 Å². The Morgan fingerprint density at radius 3 is 2.24 bits per heavy atom. The number of benzene rings is 2. The van der Waals surface area contributed by atoms with Crippen molar-refractivity contribution in [1.82, 2.24) is 0 Å². The highest BCUT2D eigenvalue weighted by atomic mass is 79.9. The third kappa shape index (κ3) is 4.76. The van der Waals surface area contributed by atoms with Gasteiger partial charge in [0, 0.05) is 10.0 Å². The Morgan fingerprint density at radius 1 is 1.08 bits per heavy atom. The van der Waals surface area contributed by atoms with Crippen LogP contribution in [0.3, 0.4) is 0 Å². The highest BCUT2D eigenvalue weighted by Gasteiger charge is 2.45. The molecule has 0 bridgehead atoms. The van der Waals surface area contributed by atoms with E-state index >= 15 is 0 Å². The minimum atomic E-state index is -5.27. The number of sulfone groups is 1. The maximum Gasteiger partial charge on any atom is 0.497 e. The quantitative estimate of drug-likeness (QED) is 0.656. The maximum atomic E-state index is 12.5. The predicted molar refractivity (Wildman–Crippen MR) is 93.1 cm³/mol. The Bertz CT molecular complexity index is 857. The number of halogens is 4. The zero-order valence-electron chi connectivity index (χ0n) is 13.5. The monoisotopic (exact) mass is 436 g/mol. The molecule has 8 heteroatoms. The highest BCUT2D eigenvalue weighted by molar-refractivity contribution is 9.10. The molecule has 0 aromatic heterocycles. The molecule has 0 spiro atoms. The molecule has 0 saturated heterocycles. The number of alkyl halides is 3. The number of hydrogen-bond acceptors (Lipinski definition) is 3. The number of aryl methyl sites for hydroxylation is 2. The van der Waals surface area contributed by atoms with Crippen LogP contribution in [0.4, 0.5) is 13.2 Å². The second-order valence-electron chi connectivity index (χ2n) is 5.64. The average Bonchev–Trinajstić information content (AvgIpc) is 2.48. The van der Waals surface area contributed by atoms with Gasteiger partial charge in [-0.15, -0.1) is 0 Å². The number of rotatable bonds is 5. The van der Waals surface area contributed by atoms with Crippen LogP contribution >= 0.6 is 15.9 Å². The first kappa shape index (κ1) is 19.8. The van der Waals surface area contributed by atoms with Gasteiger partial charge < -0.3 is 4.74 Å². The molecule has 2 aromatic rings. The molecule has 2 rings (SSSR count). The van der Waals surface area contributed by atoms with Crippen molar-refractivity contribution in [3.8, 4) is 5.75 Å². The molecule has 0 amide bonds. The van der Waals surface area contributed by atoms with Crippen molar-refractivity contribution in [2.24, 2.45) is 0 Å². The zero-order chi connectivity index (χ0) is 18.8. The second-order valence-corrected chi connectivity index (χ2v) is 8.48. The van der Waals surface area contributed by atoms with E-state index < -0.39 is 21.1 Å². The summed E-state index contributed by atoms with van der Waals surface area (Å²) in [5.74, 6) is -0.400. The van der Waals surface area contributed by atoms with E-state index in [1.807, 2.05) is 32.0 Å². The van der Waals surface area contributed by atoms with Crippen molar-refractivity contribution < 1.29 is 26.3 Å². The van der Waals surface area contributed by atoms with E-state index in [4.69, 9.17) is 4.74 Å². The lowest BCUT2D eigenvalue weighted by Gasteiger charge is -2.14. The minimum Gasteiger partial charge on any atom is -0.488 e. The summed E-state index contributed by atoms with van der Waals surface area (Å²) >= 11 is 3.31. The van der Waals surface area contributed by atoms with Crippen LogP contribution in [0.5, 0.6) is 5.75 Å². The topological polar surface area (TPSA) is 43.4 Å². The summed E-state index contributed by atoms with van der Waals surface area (Å²) in [7, 11) is -5.22. The van der Waals surface area contributed by atoms with Gasteiger partial charge in [0.05, 0.1) is 5.75 Å². The normalized spacial score (nSPS) is 12.2. The van der Waals surface area contributed by atoms with Crippen LogP contribution < -0.4 is 4.74 Å². The standard InChI is InChI=1S/C17H16BrF3O3S/c1-11-4-3-5-12(2)16(11)24-9-14-8-13(6-7-15(14)18)10-25(22,23)17(19,20)21/h3-8H,9-10H2,1-2H3. The molecule has 25 heavy (non-hydrogen) atoms. The van der Waals surface area contributed by atoms with E-state index in [0.29, 0.717) is 15.8 Å². The molecule has 0 N–H and O–H groups in total. The van der Waals surface area contributed by atoms with Crippen LogP contribution in [0.2, 0.25) is 0 Å². The summed E-state index contributed by atoms with van der Waals surface area (Å²) in [6.45, 7) is 3.89. The van der Waals surface area contributed by atoms with Gasteiger partial charge in [0.25, 0.3) is 9.84 Å². The van der Waals surface area contributed by atoms with Gasteiger partial charge in [-0.3, -0.25) is 0 Å². The molecule has 0 fully saturated rings. The van der Waals surface area contributed by atoms with Gasteiger partial charge >= 0.3 is 5.51 Å². The van der Waals surface area contributed by atoms with Gasteiger partial charge in [0.2, 0.25) is 0 Å². The fraction of sp³-hybridized carbons (Fsp3) is 0.294. The molecule has 136 valence electrons. The minimum absolute atomic E-state index is 0.0561. The van der Waals surface area contributed by atoms with E-state index in [1.54, 1.807) is 0 Å². The molecule has 0 radical (unpaired) electrons. The molecule has 0 atom stereocenters. The lowest BCUT2D eigenvalue weighted by atomic mass is 10.1. The summed E-state index contributed by atoms with van der Waals surface area (Å²) in [6.07, 6.45) is 0. The second kappa shape index (κ2) is 7.37. The summed E-state index contributed by atoms with van der Waals surface area (Å²) in [5.41, 5.74) is -2.77. The molecule has 0 unspecified atom stereocenters. The third-order valence-corrected chi connectivity index (χ3v) is 5.79. The van der Waals surface area contributed by atoms with Crippen molar-refractivity contribution in [2.45, 2.75) is 31.7 Å². The van der Waals surface area contributed by atoms with E-state index in [9.17, 15) is 21.6 Å². The third-order valence-electron chi connectivity index (χ3n) is 3.60. The lowest BCUT2D eigenvalue weighted by molar-refractivity contribution is -0.0437. The summed E-state index contributed by atoms with van der Waals surface area (Å²) in [4.78, 5) is 0. The Balaban J connectivity index is 2.23. The fourth-order valence-electron chi connectivity index (χ4n) is 2.31. The smallest absolute Gasteiger partial charge is 0.488 e. The fourth-order valence-corrected chi connectivity index (χ4v) is 3.45. The molecule has 0 aliphatic carbocycles. The van der Waals surface area contributed by atoms with E-state index in [0.717, 1.165) is 11.1 Å². The first-order valence-electron chi connectivity index (χ1n) is 7.26. The lowest BCUT2D eigenvalue weighted by Crippen LogP contribution is -2.24.